The van der Waals surface area contributed by atoms with Crippen LogP contribution in [0.5, 0.6) is 0 Å². The highest BCUT2D eigenvalue weighted by Gasteiger charge is 2.23. The number of anilines is 1. The zero-order valence-electron chi connectivity index (χ0n) is 12.8. The Kier molecular flexibility index (Phi) is 4.24. The highest BCUT2D eigenvalue weighted by atomic mass is 16.5. The zero-order valence-corrected chi connectivity index (χ0v) is 12.8. The number of fused-ring (bicyclic) bond motifs is 1. The molecule has 1 N–H and O–H groups in total. The molecule has 0 radical (unpaired) electrons. The van der Waals surface area contributed by atoms with Crippen LogP contribution >= 0.6 is 0 Å². The van der Waals surface area contributed by atoms with Gasteiger partial charge in [-0.3, -0.25) is 0 Å². The van der Waals surface area contributed by atoms with Crippen LogP contribution in [0, 0.1) is 0 Å². The van der Waals surface area contributed by atoms with Gasteiger partial charge < -0.3 is 14.8 Å². The molecule has 1 atom stereocenters. The van der Waals surface area contributed by atoms with Crippen LogP contribution in [0.4, 0.5) is 5.69 Å². The van der Waals surface area contributed by atoms with Crippen molar-refractivity contribution in [2.75, 3.05) is 25.1 Å². The van der Waals surface area contributed by atoms with Crippen LogP contribution in [0.3, 0.4) is 0 Å². The first kappa shape index (κ1) is 14.8. The predicted octanol–water partition coefficient (Wildman–Crippen LogP) is 1.83. The summed E-state index contributed by atoms with van der Waals surface area (Å²) >= 11 is 0. The van der Waals surface area contributed by atoms with Gasteiger partial charge in [0, 0.05) is 19.3 Å². The number of aromatic nitrogens is 3. The van der Waals surface area contributed by atoms with Gasteiger partial charge in [0.15, 0.2) is 5.65 Å². The molecule has 1 saturated heterocycles. The van der Waals surface area contributed by atoms with E-state index in [0.29, 0.717) is 18.8 Å². The summed E-state index contributed by atoms with van der Waals surface area (Å²) in [6, 6.07) is 0.184. The fraction of sp³-hybridized carbons (Fsp3) is 0.533. The second-order valence-corrected chi connectivity index (χ2v) is 5.17. The molecule has 118 valence electrons. The summed E-state index contributed by atoms with van der Waals surface area (Å²) in [7, 11) is 0. The molecule has 0 bridgehead atoms. The van der Waals surface area contributed by atoms with Gasteiger partial charge in [-0.2, -0.15) is 5.10 Å². The van der Waals surface area contributed by atoms with Crippen molar-refractivity contribution in [3.05, 3.63) is 18.0 Å². The second-order valence-electron chi connectivity index (χ2n) is 5.17. The average Bonchev–Trinajstić information content (AvgIpc) is 3.16. The lowest BCUT2D eigenvalue weighted by Crippen LogP contribution is -2.21. The van der Waals surface area contributed by atoms with Gasteiger partial charge >= 0.3 is 5.97 Å². The molecule has 1 fully saturated rings. The van der Waals surface area contributed by atoms with E-state index in [9.17, 15) is 4.79 Å². The van der Waals surface area contributed by atoms with E-state index in [-0.39, 0.29) is 12.0 Å². The maximum atomic E-state index is 12.2. The Bertz CT molecular complexity index is 677. The third kappa shape index (κ3) is 2.64. The summed E-state index contributed by atoms with van der Waals surface area (Å²) in [6.07, 6.45) is 4.22. The quantitative estimate of drug-likeness (QED) is 0.849. The van der Waals surface area contributed by atoms with E-state index in [2.05, 4.69) is 15.4 Å². The molecule has 0 aromatic carbocycles. The molecule has 0 aliphatic carbocycles. The van der Waals surface area contributed by atoms with Gasteiger partial charge in [-0.15, -0.1) is 0 Å². The first-order valence-electron chi connectivity index (χ1n) is 7.60. The molecule has 7 nitrogen and oxygen atoms in total. The summed E-state index contributed by atoms with van der Waals surface area (Å²) in [5.74, 6) is -0.373. The number of pyridine rings is 1. The third-order valence-electron chi connectivity index (χ3n) is 3.74. The van der Waals surface area contributed by atoms with Crippen LogP contribution in [-0.4, -0.2) is 46.6 Å². The van der Waals surface area contributed by atoms with E-state index in [1.54, 1.807) is 24.0 Å². The number of hydrogen-bond acceptors (Lipinski definition) is 6. The van der Waals surface area contributed by atoms with Crippen LogP contribution in [0.15, 0.2) is 12.4 Å². The Morgan fingerprint density at radius 1 is 1.50 bits per heavy atom. The molecule has 7 heteroatoms. The van der Waals surface area contributed by atoms with Crippen molar-refractivity contribution in [2.24, 2.45) is 0 Å². The van der Waals surface area contributed by atoms with Crippen LogP contribution in [0.25, 0.3) is 11.0 Å². The molecular weight excluding hydrogens is 284 g/mol. The molecule has 2 aromatic rings. The Hall–Kier alpha value is -2.15. The molecule has 2 aromatic heterocycles. The Morgan fingerprint density at radius 2 is 2.36 bits per heavy atom. The number of carbonyl (C=O) groups excluding carboxylic acids is 1. The normalized spacial score (nSPS) is 17.8. The van der Waals surface area contributed by atoms with Crippen LogP contribution < -0.4 is 5.32 Å². The fourth-order valence-electron chi connectivity index (χ4n) is 2.63. The van der Waals surface area contributed by atoms with E-state index < -0.39 is 0 Å². The molecule has 1 unspecified atom stereocenters. The number of nitrogens with zero attached hydrogens (tertiary/aromatic N) is 3. The first-order chi connectivity index (χ1) is 10.7. The summed E-state index contributed by atoms with van der Waals surface area (Å²) in [5, 5.41) is 8.57. The Balaban J connectivity index is 2.06. The van der Waals surface area contributed by atoms with E-state index >= 15 is 0 Å². The molecule has 0 amide bonds. The lowest BCUT2D eigenvalue weighted by atomic mass is 10.1. The number of carbonyl (C=O) groups is 1. The molecule has 3 heterocycles. The fourth-order valence-corrected chi connectivity index (χ4v) is 2.63. The standard InChI is InChI=1S/C15H20N4O3/c1-3-19-14-11(8-17-19)13(18-10-5-6-21-9-10)12(7-16-14)15(20)22-4-2/h7-8,10H,3-6,9H2,1-2H3,(H,16,18). The van der Waals surface area contributed by atoms with Crippen LogP contribution in [0.1, 0.15) is 30.6 Å². The highest BCUT2D eigenvalue weighted by molar-refractivity contribution is 6.04. The second kappa shape index (κ2) is 6.31. The van der Waals surface area contributed by atoms with Crippen LogP contribution in [-0.2, 0) is 16.0 Å². The number of hydrogen-bond donors (Lipinski definition) is 1. The van der Waals surface area contributed by atoms with Gasteiger partial charge in [0.1, 0.15) is 5.56 Å². The molecule has 1 aliphatic heterocycles. The van der Waals surface area contributed by atoms with Crippen molar-refractivity contribution in [3.8, 4) is 0 Å². The van der Waals surface area contributed by atoms with E-state index in [1.807, 2.05) is 6.92 Å². The summed E-state index contributed by atoms with van der Waals surface area (Å²) < 4.78 is 12.3. The number of ether oxygens (including phenoxy) is 2. The van der Waals surface area contributed by atoms with Crippen molar-refractivity contribution in [1.82, 2.24) is 14.8 Å². The third-order valence-corrected chi connectivity index (χ3v) is 3.74. The average molecular weight is 304 g/mol. The lowest BCUT2D eigenvalue weighted by molar-refractivity contribution is 0.0527. The zero-order chi connectivity index (χ0) is 15.5. The summed E-state index contributed by atoms with van der Waals surface area (Å²) in [5.41, 5.74) is 1.94. The van der Waals surface area contributed by atoms with Gasteiger partial charge in [-0.05, 0) is 20.3 Å². The Morgan fingerprint density at radius 3 is 3.05 bits per heavy atom. The smallest absolute Gasteiger partial charge is 0.341 e. The van der Waals surface area contributed by atoms with Crippen molar-refractivity contribution < 1.29 is 14.3 Å². The number of aryl methyl sites for hydroxylation is 1. The van der Waals surface area contributed by atoms with Gasteiger partial charge in [0.05, 0.1) is 36.5 Å². The molecule has 3 rings (SSSR count). The topological polar surface area (TPSA) is 78.3 Å². The van der Waals surface area contributed by atoms with E-state index in [1.165, 1.54) is 0 Å². The largest absolute Gasteiger partial charge is 0.462 e. The summed E-state index contributed by atoms with van der Waals surface area (Å²) in [6.45, 7) is 6.21. The molecule has 1 aliphatic rings. The van der Waals surface area contributed by atoms with E-state index in [4.69, 9.17) is 9.47 Å². The summed E-state index contributed by atoms with van der Waals surface area (Å²) in [4.78, 5) is 16.6. The molecular formula is C15H20N4O3. The van der Waals surface area contributed by atoms with Crippen molar-refractivity contribution >= 4 is 22.7 Å². The monoisotopic (exact) mass is 304 g/mol. The van der Waals surface area contributed by atoms with Crippen molar-refractivity contribution in [2.45, 2.75) is 32.9 Å². The molecule has 0 saturated carbocycles. The van der Waals surface area contributed by atoms with Crippen molar-refractivity contribution in [1.29, 1.82) is 0 Å². The van der Waals surface area contributed by atoms with Crippen LogP contribution in [0.2, 0.25) is 0 Å². The van der Waals surface area contributed by atoms with Crippen molar-refractivity contribution in [3.63, 3.8) is 0 Å². The highest BCUT2D eigenvalue weighted by Crippen LogP contribution is 2.28. The first-order valence-corrected chi connectivity index (χ1v) is 7.60. The maximum absolute atomic E-state index is 12.2. The number of nitrogens with one attached hydrogen (secondary N) is 1. The Labute approximate surface area is 128 Å². The molecule has 22 heavy (non-hydrogen) atoms. The lowest BCUT2D eigenvalue weighted by Gasteiger charge is -2.16. The minimum atomic E-state index is -0.373. The van der Waals surface area contributed by atoms with Gasteiger partial charge in [-0.1, -0.05) is 0 Å². The van der Waals surface area contributed by atoms with Gasteiger partial charge in [0.25, 0.3) is 0 Å². The maximum Gasteiger partial charge on any atom is 0.341 e. The van der Waals surface area contributed by atoms with Gasteiger partial charge in [-0.25, -0.2) is 14.5 Å². The van der Waals surface area contributed by atoms with Gasteiger partial charge in [0.2, 0.25) is 0 Å². The predicted molar refractivity (Wildman–Crippen MR) is 82.0 cm³/mol. The van der Waals surface area contributed by atoms with E-state index in [0.717, 1.165) is 36.3 Å². The minimum Gasteiger partial charge on any atom is -0.462 e. The number of rotatable bonds is 5. The number of esters is 1. The minimum absolute atomic E-state index is 0.184. The molecule has 0 spiro atoms. The SMILES string of the molecule is CCOC(=O)c1cnc2c(cnn2CC)c1NC1CCOC1.